The van der Waals surface area contributed by atoms with Crippen molar-refractivity contribution in [3.8, 4) is 11.5 Å². The zero-order valence-corrected chi connectivity index (χ0v) is 16.1. The second-order valence-electron chi connectivity index (χ2n) is 6.35. The minimum Gasteiger partial charge on any atom is -0.493 e. The van der Waals surface area contributed by atoms with Crippen LogP contribution in [0.4, 0.5) is 5.69 Å². The second kappa shape index (κ2) is 9.62. The van der Waals surface area contributed by atoms with Gasteiger partial charge in [-0.15, -0.1) is 0 Å². The maximum Gasteiger partial charge on any atom is 0.310 e. The summed E-state index contributed by atoms with van der Waals surface area (Å²) in [5, 5.41) is 2.71. The number of esters is 1. The summed E-state index contributed by atoms with van der Waals surface area (Å²) in [4.78, 5) is 23.9. The number of anilines is 1. The third-order valence-electron chi connectivity index (χ3n) is 4.02. The van der Waals surface area contributed by atoms with Gasteiger partial charge in [0, 0.05) is 5.69 Å². The van der Waals surface area contributed by atoms with Gasteiger partial charge in [-0.2, -0.15) is 0 Å². The van der Waals surface area contributed by atoms with E-state index in [0.717, 1.165) is 0 Å². The van der Waals surface area contributed by atoms with Gasteiger partial charge in [-0.25, -0.2) is 0 Å². The van der Waals surface area contributed by atoms with Crippen LogP contribution in [-0.4, -0.2) is 32.7 Å². The highest BCUT2D eigenvalue weighted by atomic mass is 16.5. The molecule has 0 atom stereocenters. The van der Waals surface area contributed by atoms with Crippen LogP contribution in [0, 0.1) is 0 Å². The van der Waals surface area contributed by atoms with Gasteiger partial charge in [0.05, 0.1) is 20.6 Å². The van der Waals surface area contributed by atoms with E-state index >= 15 is 0 Å². The summed E-state index contributed by atoms with van der Waals surface area (Å²) in [5.41, 5.74) is 2.57. The molecule has 0 aliphatic rings. The molecule has 2 aromatic carbocycles. The molecule has 6 heteroatoms. The van der Waals surface area contributed by atoms with Gasteiger partial charge >= 0.3 is 5.97 Å². The van der Waals surface area contributed by atoms with E-state index < -0.39 is 5.97 Å². The molecule has 27 heavy (non-hydrogen) atoms. The first kappa shape index (κ1) is 20.3. The molecule has 0 aromatic heterocycles. The number of nitrogens with one attached hydrogen (secondary N) is 1. The molecule has 144 valence electrons. The number of benzene rings is 2. The van der Waals surface area contributed by atoms with Crippen LogP contribution in [0.1, 0.15) is 30.9 Å². The average Bonchev–Trinajstić information content (AvgIpc) is 2.66. The minimum absolute atomic E-state index is 0.0384. The van der Waals surface area contributed by atoms with Gasteiger partial charge in [0.1, 0.15) is 0 Å². The van der Waals surface area contributed by atoms with Gasteiger partial charge in [-0.1, -0.05) is 32.0 Å². The Morgan fingerprint density at radius 1 is 0.963 bits per heavy atom. The number of hydrogen-bond donors (Lipinski definition) is 1. The fourth-order valence-electron chi connectivity index (χ4n) is 2.50. The summed E-state index contributed by atoms with van der Waals surface area (Å²) >= 11 is 0. The van der Waals surface area contributed by atoms with Gasteiger partial charge < -0.3 is 19.5 Å². The van der Waals surface area contributed by atoms with Crippen molar-refractivity contribution in [2.75, 3.05) is 26.1 Å². The third-order valence-corrected chi connectivity index (χ3v) is 4.02. The van der Waals surface area contributed by atoms with Crippen molar-refractivity contribution in [3.63, 3.8) is 0 Å². The molecule has 1 N–H and O–H groups in total. The van der Waals surface area contributed by atoms with Crippen LogP contribution < -0.4 is 14.8 Å². The molecule has 0 aliphatic carbocycles. The summed E-state index contributed by atoms with van der Waals surface area (Å²) in [6, 6.07) is 12.8. The van der Waals surface area contributed by atoms with Crippen molar-refractivity contribution in [3.05, 3.63) is 53.6 Å². The van der Waals surface area contributed by atoms with Crippen molar-refractivity contribution in [1.82, 2.24) is 0 Å². The van der Waals surface area contributed by atoms with Crippen LogP contribution in [-0.2, 0) is 20.7 Å². The monoisotopic (exact) mass is 371 g/mol. The summed E-state index contributed by atoms with van der Waals surface area (Å²) in [6.07, 6.45) is 0.0384. The molecule has 1 amide bonds. The summed E-state index contributed by atoms with van der Waals surface area (Å²) < 4.78 is 15.4. The van der Waals surface area contributed by atoms with Crippen LogP contribution in [0.5, 0.6) is 11.5 Å². The first-order valence-electron chi connectivity index (χ1n) is 8.69. The van der Waals surface area contributed by atoms with E-state index in [1.54, 1.807) is 25.3 Å². The summed E-state index contributed by atoms with van der Waals surface area (Å²) in [6.45, 7) is 3.87. The lowest BCUT2D eigenvalue weighted by atomic mass is 10.0. The standard InChI is InChI=1S/C21H25NO5/c1-14(2)16-6-8-17(9-7-16)22-20(23)13-27-21(24)12-15-5-10-18(25-3)19(11-15)26-4/h5-11,14H,12-13H2,1-4H3,(H,22,23). The van der Waals surface area contributed by atoms with E-state index in [2.05, 4.69) is 19.2 Å². The van der Waals surface area contributed by atoms with Crippen molar-refractivity contribution in [2.24, 2.45) is 0 Å². The lowest BCUT2D eigenvalue weighted by Gasteiger charge is -2.10. The highest BCUT2D eigenvalue weighted by molar-refractivity contribution is 5.92. The highest BCUT2D eigenvalue weighted by Gasteiger charge is 2.11. The molecule has 2 aromatic rings. The van der Waals surface area contributed by atoms with Crippen LogP contribution in [0.15, 0.2) is 42.5 Å². The minimum atomic E-state index is -0.493. The van der Waals surface area contributed by atoms with Gasteiger partial charge in [0.25, 0.3) is 5.91 Å². The topological polar surface area (TPSA) is 73.9 Å². The van der Waals surface area contributed by atoms with Crippen LogP contribution in [0.25, 0.3) is 0 Å². The first-order chi connectivity index (χ1) is 12.9. The fraction of sp³-hybridized carbons (Fsp3) is 0.333. The maximum absolute atomic E-state index is 12.0. The largest absolute Gasteiger partial charge is 0.493 e. The first-order valence-corrected chi connectivity index (χ1v) is 8.69. The SMILES string of the molecule is COc1ccc(CC(=O)OCC(=O)Nc2ccc(C(C)C)cc2)cc1OC. The Kier molecular flexibility index (Phi) is 7.23. The Hall–Kier alpha value is -3.02. The molecule has 6 nitrogen and oxygen atoms in total. The number of ether oxygens (including phenoxy) is 3. The lowest BCUT2D eigenvalue weighted by Crippen LogP contribution is -2.21. The molecule has 0 fully saturated rings. The zero-order chi connectivity index (χ0) is 19.8. The number of amides is 1. The maximum atomic E-state index is 12.0. The predicted octanol–water partition coefficient (Wildman–Crippen LogP) is 3.55. The molecule has 0 heterocycles. The van der Waals surface area contributed by atoms with Crippen molar-refractivity contribution >= 4 is 17.6 Å². The van der Waals surface area contributed by atoms with Gasteiger partial charge in [-0.3, -0.25) is 9.59 Å². The van der Waals surface area contributed by atoms with Crippen LogP contribution >= 0.6 is 0 Å². The van der Waals surface area contributed by atoms with E-state index in [4.69, 9.17) is 14.2 Å². The highest BCUT2D eigenvalue weighted by Crippen LogP contribution is 2.27. The molecule has 0 saturated heterocycles. The Morgan fingerprint density at radius 2 is 1.63 bits per heavy atom. The number of rotatable bonds is 8. The van der Waals surface area contributed by atoms with E-state index in [0.29, 0.717) is 28.7 Å². The molecule has 0 saturated carbocycles. The number of carbonyl (C=O) groups is 2. The molecule has 0 bridgehead atoms. The summed E-state index contributed by atoms with van der Waals surface area (Å²) in [5.74, 6) is 0.663. The lowest BCUT2D eigenvalue weighted by molar-refractivity contribution is -0.146. The van der Waals surface area contributed by atoms with Crippen molar-refractivity contribution in [1.29, 1.82) is 0 Å². The normalized spacial score (nSPS) is 10.4. The molecule has 0 radical (unpaired) electrons. The van der Waals surface area contributed by atoms with Gasteiger partial charge in [0.15, 0.2) is 18.1 Å². The smallest absolute Gasteiger partial charge is 0.310 e. The van der Waals surface area contributed by atoms with Gasteiger partial charge in [-0.05, 0) is 41.3 Å². The van der Waals surface area contributed by atoms with E-state index in [1.165, 1.54) is 12.7 Å². The Balaban J connectivity index is 1.83. The Morgan fingerprint density at radius 3 is 2.22 bits per heavy atom. The third kappa shape index (κ3) is 6.02. The van der Waals surface area contributed by atoms with Gasteiger partial charge in [0.2, 0.25) is 0 Å². The number of hydrogen-bond acceptors (Lipinski definition) is 5. The van der Waals surface area contributed by atoms with Crippen LogP contribution in [0.3, 0.4) is 0 Å². The van der Waals surface area contributed by atoms with E-state index in [-0.39, 0.29) is 18.9 Å². The molecule has 0 spiro atoms. The van der Waals surface area contributed by atoms with E-state index in [9.17, 15) is 9.59 Å². The van der Waals surface area contributed by atoms with Crippen LogP contribution in [0.2, 0.25) is 0 Å². The molecule has 2 rings (SSSR count). The Labute approximate surface area is 159 Å². The molecule has 0 unspecified atom stereocenters. The average molecular weight is 371 g/mol. The Bertz CT molecular complexity index is 784. The molecular formula is C21H25NO5. The summed E-state index contributed by atoms with van der Waals surface area (Å²) in [7, 11) is 3.07. The molecular weight excluding hydrogens is 346 g/mol. The van der Waals surface area contributed by atoms with E-state index in [1.807, 2.05) is 24.3 Å². The number of carbonyl (C=O) groups excluding carboxylic acids is 2. The fourth-order valence-corrected chi connectivity index (χ4v) is 2.50. The molecule has 0 aliphatic heterocycles. The number of methoxy groups -OCH3 is 2. The predicted molar refractivity (Wildman–Crippen MR) is 103 cm³/mol. The zero-order valence-electron chi connectivity index (χ0n) is 16.1. The van der Waals surface area contributed by atoms with Crippen molar-refractivity contribution < 1.29 is 23.8 Å². The quantitative estimate of drug-likeness (QED) is 0.719. The second-order valence-corrected chi connectivity index (χ2v) is 6.35. The van der Waals surface area contributed by atoms with Crippen molar-refractivity contribution in [2.45, 2.75) is 26.2 Å².